The van der Waals surface area contributed by atoms with Crippen LogP contribution in [0.1, 0.15) is 22.3 Å². The molecule has 0 aliphatic carbocycles. The summed E-state index contributed by atoms with van der Waals surface area (Å²) in [5, 5.41) is 14.7. The van der Waals surface area contributed by atoms with Crippen LogP contribution in [0.2, 0.25) is 5.02 Å². The van der Waals surface area contributed by atoms with Crippen molar-refractivity contribution in [2.75, 3.05) is 11.9 Å². The van der Waals surface area contributed by atoms with Gasteiger partial charge in [-0.25, -0.2) is 0 Å². The van der Waals surface area contributed by atoms with E-state index in [1.165, 1.54) is 0 Å². The number of carbonyl (C=O) groups is 2. The number of rotatable bonds is 5. The van der Waals surface area contributed by atoms with E-state index in [4.69, 9.17) is 16.9 Å². The minimum absolute atomic E-state index is 0.135. The molecule has 6 heteroatoms. The number of hydrogen-bond donors (Lipinski definition) is 2. The molecule has 0 bridgehead atoms. The van der Waals surface area contributed by atoms with Gasteiger partial charge < -0.3 is 10.6 Å². The maximum atomic E-state index is 11.9. The molecule has 0 aromatic heterocycles. The smallest absolute Gasteiger partial charge is 0.251 e. The Balaban J connectivity index is 1.79. The molecule has 0 saturated heterocycles. The fourth-order valence-electron chi connectivity index (χ4n) is 1.88. The van der Waals surface area contributed by atoms with Crippen molar-refractivity contribution in [1.29, 1.82) is 5.26 Å². The second-order valence-electron chi connectivity index (χ2n) is 4.75. The van der Waals surface area contributed by atoms with Crippen LogP contribution in [0.3, 0.4) is 0 Å². The molecule has 116 valence electrons. The van der Waals surface area contributed by atoms with Gasteiger partial charge in [-0.05, 0) is 42.5 Å². The molecule has 0 heterocycles. The third-order valence-corrected chi connectivity index (χ3v) is 3.27. The standard InChI is InChI=1S/C17H14ClN3O2/c18-14-6-4-13(5-7-14)17(23)20-9-8-16(22)21-15-3-1-2-12(10-15)11-19/h1-7,10H,8-9H2,(H,20,23)(H,21,22). The molecule has 0 fully saturated rings. The molecule has 0 aliphatic heterocycles. The van der Waals surface area contributed by atoms with Gasteiger partial charge in [-0.1, -0.05) is 17.7 Å². The van der Waals surface area contributed by atoms with E-state index in [2.05, 4.69) is 10.6 Å². The Morgan fingerprint density at radius 3 is 2.57 bits per heavy atom. The Morgan fingerprint density at radius 1 is 1.13 bits per heavy atom. The summed E-state index contributed by atoms with van der Waals surface area (Å²) in [7, 11) is 0. The molecule has 0 spiro atoms. The Hall–Kier alpha value is -2.84. The van der Waals surface area contributed by atoms with Gasteiger partial charge in [0.25, 0.3) is 5.91 Å². The second kappa shape index (κ2) is 7.97. The number of hydrogen-bond acceptors (Lipinski definition) is 3. The largest absolute Gasteiger partial charge is 0.352 e. The van der Waals surface area contributed by atoms with E-state index in [1.807, 2.05) is 6.07 Å². The van der Waals surface area contributed by atoms with Gasteiger partial charge in [0.2, 0.25) is 5.91 Å². The topological polar surface area (TPSA) is 82.0 Å². The Morgan fingerprint density at radius 2 is 1.87 bits per heavy atom. The third-order valence-electron chi connectivity index (χ3n) is 3.02. The van der Waals surface area contributed by atoms with Crippen LogP contribution in [-0.2, 0) is 4.79 Å². The van der Waals surface area contributed by atoms with Crippen LogP contribution in [0.5, 0.6) is 0 Å². The molecule has 0 radical (unpaired) electrons. The summed E-state index contributed by atoms with van der Waals surface area (Å²) >= 11 is 5.76. The summed E-state index contributed by atoms with van der Waals surface area (Å²) in [6, 6.07) is 15.1. The van der Waals surface area contributed by atoms with Crippen LogP contribution in [0.25, 0.3) is 0 Å². The van der Waals surface area contributed by atoms with E-state index in [0.29, 0.717) is 21.8 Å². The van der Waals surface area contributed by atoms with Gasteiger partial charge in [0.1, 0.15) is 0 Å². The molecule has 2 rings (SSSR count). The molecule has 0 atom stereocenters. The predicted molar refractivity (Wildman–Crippen MR) is 88.2 cm³/mol. The molecule has 2 aromatic carbocycles. The molecular weight excluding hydrogens is 314 g/mol. The number of nitrogens with zero attached hydrogens (tertiary/aromatic N) is 1. The van der Waals surface area contributed by atoms with Gasteiger partial charge in [0.05, 0.1) is 11.6 Å². The van der Waals surface area contributed by atoms with Crippen molar-refractivity contribution in [2.45, 2.75) is 6.42 Å². The number of nitriles is 1. The van der Waals surface area contributed by atoms with E-state index >= 15 is 0 Å². The lowest BCUT2D eigenvalue weighted by molar-refractivity contribution is -0.116. The minimum Gasteiger partial charge on any atom is -0.352 e. The maximum Gasteiger partial charge on any atom is 0.251 e. The van der Waals surface area contributed by atoms with E-state index in [0.717, 1.165) is 0 Å². The van der Waals surface area contributed by atoms with Crippen LogP contribution in [0.15, 0.2) is 48.5 Å². The first-order valence-corrected chi connectivity index (χ1v) is 7.30. The molecule has 0 aliphatic rings. The zero-order valence-corrected chi connectivity index (χ0v) is 12.9. The van der Waals surface area contributed by atoms with Crippen LogP contribution >= 0.6 is 11.6 Å². The Labute approximate surface area is 138 Å². The maximum absolute atomic E-state index is 11.9. The SMILES string of the molecule is N#Cc1cccc(NC(=O)CCNC(=O)c2ccc(Cl)cc2)c1. The third kappa shape index (κ3) is 5.13. The van der Waals surface area contributed by atoms with Gasteiger partial charge in [-0.2, -0.15) is 5.26 Å². The van der Waals surface area contributed by atoms with Crippen LogP contribution < -0.4 is 10.6 Å². The Kier molecular flexibility index (Phi) is 5.73. The van der Waals surface area contributed by atoms with Crippen molar-refractivity contribution < 1.29 is 9.59 Å². The zero-order valence-electron chi connectivity index (χ0n) is 12.2. The van der Waals surface area contributed by atoms with E-state index in [1.54, 1.807) is 48.5 Å². The molecule has 2 amide bonds. The summed E-state index contributed by atoms with van der Waals surface area (Å²) in [5.41, 5.74) is 1.51. The monoisotopic (exact) mass is 327 g/mol. The van der Waals surface area contributed by atoms with Crippen molar-refractivity contribution in [3.8, 4) is 6.07 Å². The average Bonchev–Trinajstić information content (AvgIpc) is 2.55. The number of anilines is 1. The van der Waals surface area contributed by atoms with Crippen molar-refractivity contribution in [1.82, 2.24) is 5.32 Å². The van der Waals surface area contributed by atoms with Gasteiger partial charge in [-0.15, -0.1) is 0 Å². The van der Waals surface area contributed by atoms with Gasteiger partial charge >= 0.3 is 0 Å². The van der Waals surface area contributed by atoms with E-state index in [9.17, 15) is 9.59 Å². The summed E-state index contributed by atoms with van der Waals surface area (Å²) < 4.78 is 0. The van der Waals surface area contributed by atoms with Gasteiger partial charge in [-0.3, -0.25) is 9.59 Å². The Bertz CT molecular complexity index is 751. The van der Waals surface area contributed by atoms with Gasteiger partial charge in [0, 0.05) is 29.2 Å². The van der Waals surface area contributed by atoms with Crippen molar-refractivity contribution in [3.63, 3.8) is 0 Å². The highest BCUT2D eigenvalue weighted by Crippen LogP contribution is 2.10. The summed E-state index contributed by atoms with van der Waals surface area (Å²) in [5.74, 6) is -0.502. The fourth-order valence-corrected chi connectivity index (χ4v) is 2.01. The van der Waals surface area contributed by atoms with Crippen LogP contribution in [-0.4, -0.2) is 18.4 Å². The predicted octanol–water partition coefficient (Wildman–Crippen LogP) is 2.97. The highest BCUT2D eigenvalue weighted by molar-refractivity contribution is 6.30. The lowest BCUT2D eigenvalue weighted by Crippen LogP contribution is -2.27. The number of carbonyl (C=O) groups excluding carboxylic acids is 2. The number of benzene rings is 2. The lowest BCUT2D eigenvalue weighted by Gasteiger charge is -2.07. The number of amides is 2. The van der Waals surface area contributed by atoms with Gasteiger partial charge in [0.15, 0.2) is 0 Å². The fraction of sp³-hybridized carbons (Fsp3) is 0.118. The van der Waals surface area contributed by atoms with Crippen LogP contribution in [0, 0.1) is 11.3 Å². The second-order valence-corrected chi connectivity index (χ2v) is 5.19. The summed E-state index contributed by atoms with van der Waals surface area (Å²) in [4.78, 5) is 23.7. The van der Waals surface area contributed by atoms with Crippen molar-refractivity contribution in [2.24, 2.45) is 0 Å². The quantitative estimate of drug-likeness (QED) is 0.885. The minimum atomic E-state index is -0.263. The van der Waals surface area contributed by atoms with Crippen LogP contribution in [0.4, 0.5) is 5.69 Å². The summed E-state index contributed by atoms with van der Waals surface area (Å²) in [6.07, 6.45) is 0.135. The highest BCUT2D eigenvalue weighted by atomic mass is 35.5. The molecule has 2 aromatic rings. The van der Waals surface area contributed by atoms with E-state index < -0.39 is 0 Å². The first-order chi connectivity index (χ1) is 11.1. The normalized spacial score (nSPS) is 9.74. The van der Waals surface area contributed by atoms with E-state index in [-0.39, 0.29) is 24.8 Å². The number of nitrogens with one attached hydrogen (secondary N) is 2. The molecule has 5 nitrogen and oxygen atoms in total. The average molecular weight is 328 g/mol. The van der Waals surface area contributed by atoms with Crippen molar-refractivity contribution >= 4 is 29.1 Å². The lowest BCUT2D eigenvalue weighted by atomic mass is 10.2. The van der Waals surface area contributed by atoms with Crippen molar-refractivity contribution in [3.05, 3.63) is 64.7 Å². The first kappa shape index (κ1) is 16.5. The molecule has 2 N–H and O–H groups in total. The molecular formula is C17H14ClN3O2. The molecule has 0 saturated carbocycles. The zero-order chi connectivity index (χ0) is 16.7. The number of halogens is 1. The summed E-state index contributed by atoms with van der Waals surface area (Å²) in [6.45, 7) is 0.214. The highest BCUT2D eigenvalue weighted by Gasteiger charge is 2.07. The first-order valence-electron chi connectivity index (χ1n) is 6.92. The molecule has 0 unspecified atom stereocenters. The molecule has 23 heavy (non-hydrogen) atoms.